The van der Waals surface area contributed by atoms with Crippen LogP contribution in [0.2, 0.25) is 0 Å². The van der Waals surface area contributed by atoms with Crippen LogP contribution in [0.4, 0.5) is 0 Å². The van der Waals surface area contributed by atoms with E-state index in [1.165, 1.54) is 7.11 Å². The van der Waals surface area contributed by atoms with E-state index in [1.807, 2.05) is 6.92 Å². The summed E-state index contributed by atoms with van der Waals surface area (Å²) in [4.78, 5) is 25.2. The highest BCUT2D eigenvalue weighted by Gasteiger charge is 2.20. The van der Waals surface area contributed by atoms with E-state index in [0.29, 0.717) is 13.0 Å². The Morgan fingerprint density at radius 3 is 2.33 bits per heavy atom. The van der Waals surface area contributed by atoms with Crippen LogP contribution in [0.3, 0.4) is 0 Å². The molecular formula is C14H27NO3. The molecule has 0 radical (unpaired) electrons. The summed E-state index contributed by atoms with van der Waals surface area (Å²) in [7, 11) is 1.38. The van der Waals surface area contributed by atoms with E-state index in [1.54, 1.807) is 11.8 Å². The van der Waals surface area contributed by atoms with Crippen molar-refractivity contribution < 1.29 is 14.3 Å². The zero-order valence-electron chi connectivity index (χ0n) is 12.2. The van der Waals surface area contributed by atoms with E-state index in [2.05, 4.69) is 6.92 Å². The van der Waals surface area contributed by atoms with Gasteiger partial charge in [-0.15, -0.1) is 0 Å². The van der Waals surface area contributed by atoms with Crippen LogP contribution in [-0.2, 0) is 14.3 Å². The minimum atomic E-state index is -0.252. The van der Waals surface area contributed by atoms with Crippen molar-refractivity contribution in [2.45, 2.75) is 52.9 Å². The minimum absolute atomic E-state index is 0.143. The predicted octanol–water partition coefficient (Wildman–Crippen LogP) is 2.61. The van der Waals surface area contributed by atoms with E-state index in [4.69, 9.17) is 4.74 Å². The molecule has 0 aromatic heterocycles. The Morgan fingerprint density at radius 2 is 1.83 bits per heavy atom. The van der Waals surface area contributed by atoms with Gasteiger partial charge in [0.15, 0.2) is 0 Å². The highest BCUT2D eigenvalue weighted by Crippen LogP contribution is 2.08. The van der Waals surface area contributed by atoms with Gasteiger partial charge in [0.2, 0.25) is 5.91 Å². The van der Waals surface area contributed by atoms with Gasteiger partial charge >= 0.3 is 5.97 Å². The Morgan fingerprint density at radius 1 is 1.17 bits per heavy atom. The number of hydrogen-bond donors (Lipinski definition) is 0. The molecule has 0 bridgehead atoms. The van der Waals surface area contributed by atoms with Crippen molar-refractivity contribution in [1.29, 1.82) is 0 Å². The molecular weight excluding hydrogens is 230 g/mol. The molecule has 0 saturated carbocycles. The molecule has 0 aliphatic heterocycles. The first-order valence-corrected chi connectivity index (χ1v) is 6.92. The first-order valence-electron chi connectivity index (χ1n) is 6.92. The average molecular weight is 257 g/mol. The fourth-order valence-electron chi connectivity index (χ4n) is 1.85. The molecule has 0 spiro atoms. The first kappa shape index (κ1) is 16.9. The molecule has 1 atom stereocenters. The highest BCUT2D eigenvalue weighted by atomic mass is 16.5. The summed E-state index contributed by atoms with van der Waals surface area (Å²) in [6, 6.07) is 0. The van der Waals surface area contributed by atoms with Crippen molar-refractivity contribution in [1.82, 2.24) is 4.90 Å². The minimum Gasteiger partial charge on any atom is -0.469 e. The van der Waals surface area contributed by atoms with Crippen molar-refractivity contribution in [2.24, 2.45) is 5.92 Å². The molecule has 1 unspecified atom stereocenters. The third-order valence-corrected chi connectivity index (χ3v) is 2.95. The number of unbranched alkanes of at least 4 members (excludes halogenated alkanes) is 2. The smallest absolute Gasteiger partial charge is 0.310 e. The molecule has 0 saturated heterocycles. The molecule has 0 N–H and O–H groups in total. The Kier molecular flexibility index (Phi) is 9.33. The fraction of sp³-hybridized carbons (Fsp3) is 0.857. The second kappa shape index (κ2) is 9.92. The quantitative estimate of drug-likeness (QED) is 0.471. The second-order valence-electron chi connectivity index (χ2n) is 4.72. The van der Waals surface area contributed by atoms with Gasteiger partial charge in [-0.1, -0.05) is 33.6 Å². The molecule has 18 heavy (non-hydrogen) atoms. The third kappa shape index (κ3) is 6.62. The maximum atomic E-state index is 12.0. The molecule has 0 fully saturated rings. The average Bonchev–Trinajstić information content (AvgIpc) is 2.36. The number of hydrogen-bond acceptors (Lipinski definition) is 3. The van der Waals surface area contributed by atoms with Crippen LogP contribution in [0, 0.1) is 5.92 Å². The summed E-state index contributed by atoms with van der Waals surface area (Å²) in [6.07, 6.45) is 4.64. The normalized spacial score (nSPS) is 12.0. The topological polar surface area (TPSA) is 46.6 Å². The van der Waals surface area contributed by atoms with Crippen molar-refractivity contribution in [3.63, 3.8) is 0 Å². The number of ether oxygens (including phenoxy) is 1. The Hall–Kier alpha value is -1.06. The lowest BCUT2D eigenvalue weighted by molar-refractivity contribution is -0.146. The largest absolute Gasteiger partial charge is 0.469 e. The molecule has 0 aromatic carbocycles. The van der Waals surface area contributed by atoms with Gasteiger partial charge in [-0.05, 0) is 12.8 Å². The maximum absolute atomic E-state index is 12.0. The molecule has 0 aliphatic rings. The molecule has 0 aliphatic carbocycles. The molecule has 0 aromatic rings. The molecule has 0 heterocycles. The second-order valence-corrected chi connectivity index (χ2v) is 4.72. The molecule has 4 heteroatoms. The number of carbonyl (C=O) groups excluding carboxylic acids is 2. The van der Waals surface area contributed by atoms with Crippen molar-refractivity contribution in [3.05, 3.63) is 0 Å². The molecule has 4 nitrogen and oxygen atoms in total. The van der Waals surface area contributed by atoms with Crippen molar-refractivity contribution >= 4 is 11.9 Å². The lowest BCUT2D eigenvalue weighted by Crippen LogP contribution is -2.37. The summed E-state index contributed by atoms with van der Waals surface area (Å²) < 4.78 is 4.70. The Bertz CT molecular complexity index is 253. The number of amides is 1. The van der Waals surface area contributed by atoms with Crippen molar-refractivity contribution in [3.8, 4) is 0 Å². The number of rotatable bonds is 9. The van der Waals surface area contributed by atoms with Gasteiger partial charge < -0.3 is 9.64 Å². The third-order valence-electron chi connectivity index (χ3n) is 2.95. The van der Waals surface area contributed by atoms with Crippen LogP contribution < -0.4 is 0 Å². The SMILES string of the molecule is CCCCCN(CC(C)C(=O)OC)C(=O)CCC. The summed E-state index contributed by atoms with van der Waals surface area (Å²) in [5.41, 5.74) is 0. The number of carbonyl (C=O) groups is 2. The van der Waals surface area contributed by atoms with Crippen LogP contribution in [0.25, 0.3) is 0 Å². The van der Waals surface area contributed by atoms with Gasteiger partial charge in [0, 0.05) is 19.5 Å². The van der Waals surface area contributed by atoms with Gasteiger partial charge in [-0.2, -0.15) is 0 Å². The van der Waals surface area contributed by atoms with Crippen LogP contribution in [0.1, 0.15) is 52.9 Å². The summed E-state index contributed by atoms with van der Waals surface area (Å²) >= 11 is 0. The molecule has 1 amide bonds. The van der Waals surface area contributed by atoms with Crippen LogP contribution in [-0.4, -0.2) is 37.0 Å². The fourth-order valence-corrected chi connectivity index (χ4v) is 1.85. The van der Waals surface area contributed by atoms with Crippen LogP contribution in [0.5, 0.6) is 0 Å². The number of nitrogens with zero attached hydrogens (tertiary/aromatic N) is 1. The monoisotopic (exact) mass is 257 g/mol. The van der Waals surface area contributed by atoms with E-state index in [0.717, 1.165) is 32.2 Å². The lowest BCUT2D eigenvalue weighted by Gasteiger charge is -2.25. The predicted molar refractivity (Wildman–Crippen MR) is 72.2 cm³/mol. The van der Waals surface area contributed by atoms with E-state index >= 15 is 0 Å². The van der Waals surface area contributed by atoms with E-state index in [9.17, 15) is 9.59 Å². The van der Waals surface area contributed by atoms with Gasteiger partial charge in [0.1, 0.15) is 0 Å². The number of methoxy groups -OCH3 is 1. The van der Waals surface area contributed by atoms with Crippen LogP contribution in [0.15, 0.2) is 0 Å². The zero-order chi connectivity index (χ0) is 14.0. The molecule has 0 rings (SSSR count). The highest BCUT2D eigenvalue weighted by molar-refractivity contribution is 5.77. The summed E-state index contributed by atoms with van der Waals surface area (Å²) in [5, 5.41) is 0. The summed E-state index contributed by atoms with van der Waals surface area (Å²) in [6.45, 7) is 7.14. The van der Waals surface area contributed by atoms with Gasteiger partial charge in [0.05, 0.1) is 13.0 Å². The number of esters is 1. The maximum Gasteiger partial charge on any atom is 0.310 e. The van der Waals surface area contributed by atoms with Crippen molar-refractivity contribution in [2.75, 3.05) is 20.2 Å². The van der Waals surface area contributed by atoms with Gasteiger partial charge in [-0.25, -0.2) is 0 Å². The Balaban J connectivity index is 4.35. The van der Waals surface area contributed by atoms with Gasteiger partial charge in [-0.3, -0.25) is 9.59 Å². The standard InChI is InChI=1S/C14H27NO3/c1-5-7-8-10-15(13(16)9-6-2)11-12(3)14(17)18-4/h12H,5-11H2,1-4H3. The summed E-state index contributed by atoms with van der Waals surface area (Å²) in [5.74, 6) is -0.360. The van der Waals surface area contributed by atoms with Gasteiger partial charge in [0.25, 0.3) is 0 Å². The molecule has 106 valence electrons. The van der Waals surface area contributed by atoms with E-state index < -0.39 is 0 Å². The lowest BCUT2D eigenvalue weighted by atomic mass is 10.1. The Labute approximate surface area is 111 Å². The van der Waals surface area contributed by atoms with E-state index in [-0.39, 0.29) is 17.8 Å². The first-order chi connectivity index (χ1) is 8.56. The van der Waals surface area contributed by atoms with Crippen LogP contribution >= 0.6 is 0 Å². The zero-order valence-corrected chi connectivity index (χ0v) is 12.2.